The quantitative estimate of drug-likeness (QED) is 0.0921. The Labute approximate surface area is 257 Å². The molecule has 0 atom stereocenters. The lowest BCUT2D eigenvalue weighted by atomic mass is 9.95. The number of halogens is 2. The van der Waals surface area contributed by atoms with Gasteiger partial charge in [0.25, 0.3) is 0 Å². The molecule has 0 aliphatic heterocycles. The molecule has 0 aliphatic carbocycles. The van der Waals surface area contributed by atoms with Crippen LogP contribution in [0.15, 0.2) is 121 Å². The van der Waals surface area contributed by atoms with Crippen LogP contribution in [0, 0.1) is 11.6 Å². The molecule has 0 bridgehead atoms. The summed E-state index contributed by atoms with van der Waals surface area (Å²) >= 11 is 0. The third-order valence-electron chi connectivity index (χ3n) is 6.78. The summed E-state index contributed by atoms with van der Waals surface area (Å²) in [6, 6.07) is 9.21. The lowest BCUT2D eigenvalue weighted by Gasteiger charge is -2.17. The first kappa shape index (κ1) is 34.8. The van der Waals surface area contributed by atoms with Crippen LogP contribution in [0.1, 0.15) is 70.1 Å². The summed E-state index contributed by atoms with van der Waals surface area (Å²) in [4.78, 5) is 0. The van der Waals surface area contributed by atoms with E-state index in [1.165, 1.54) is 24.8 Å². The molecule has 43 heavy (non-hydrogen) atoms. The van der Waals surface area contributed by atoms with Crippen LogP contribution in [0.4, 0.5) is 14.5 Å². The van der Waals surface area contributed by atoms with E-state index in [1.54, 1.807) is 6.08 Å². The van der Waals surface area contributed by atoms with Gasteiger partial charge in [-0.05, 0) is 111 Å². The topological polar surface area (TPSA) is 21.3 Å². The number of hydrogen-bond donors (Lipinski definition) is 1. The highest BCUT2D eigenvalue weighted by Gasteiger charge is 2.18. The molecule has 0 unspecified atom stereocenters. The van der Waals surface area contributed by atoms with Gasteiger partial charge in [-0.2, -0.15) is 4.39 Å². The number of allylic oxidation sites excluding steroid dienone is 10. The van der Waals surface area contributed by atoms with E-state index in [-0.39, 0.29) is 11.3 Å². The van der Waals surface area contributed by atoms with Gasteiger partial charge in [-0.1, -0.05) is 80.5 Å². The highest BCUT2D eigenvalue weighted by atomic mass is 19.2. The van der Waals surface area contributed by atoms with Gasteiger partial charge in [0, 0.05) is 11.3 Å². The number of hydrogen-bond acceptors (Lipinski definition) is 2. The highest BCUT2D eigenvalue weighted by molar-refractivity contribution is 5.76. The van der Waals surface area contributed by atoms with Gasteiger partial charge in [0.1, 0.15) is 0 Å². The second kappa shape index (κ2) is 17.5. The largest absolute Gasteiger partial charge is 0.494 e. The first-order valence-corrected chi connectivity index (χ1v) is 14.6. The fraction of sp³-hybridized carbons (Fsp3) is 0.256. The number of rotatable bonds is 16. The maximum absolute atomic E-state index is 15.0. The number of anilines is 1. The Bertz CT molecular complexity index is 1510. The zero-order chi connectivity index (χ0) is 31.9. The number of methoxy groups -OCH3 is 1. The number of aryl methyl sites for hydroxylation is 1. The molecule has 1 N–H and O–H groups in total. The standard InChI is InChI=1S/C39H45F2NO/c1-10-13-14-15-17-29(7)34-21-20-33(26-31(34)12-3)42-36(25-28(6)16-11-2)30(8)18-19-32(24-27(4)5)35-22-23-37(43-9)39(41)38(35)40/h10-11,15-17,20-24,26,42H,1,4,7-8,12-14,18-19H2,2-3,5-6,9H3/b16-11-,17-15+,32-24+. The summed E-state index contributed by atoms with van der Waals surface area (Å²) < 4.78 is 34.5. The van der Waals surface area contributed by atoms with Gasteiger partial charge < -0.3 is 10.1 Å². The summed E-state index contributed by atoms with van der Waals surface area (Å²) in [5, 5.41) is 3.51. The molecule has 0 aliphatic rings. The Morgan fingerprint density at radius 1 is 0.977 bits per heavy atom. The minimum atomic E-state index is -1.01. The van der Waals surface area contributed by atoms with E-state index in [1.807, 2.05) is 45.1 Å². The van der Waals surface area contributed by atoms with E-state index in [0.717, 1.165) is 58.5 Å². The maximum Gasteiger partial charge on any atom is 0.201 e. The van der Waals surface area contributed by atoms with Crippen molar-refractivity contribution in [2.45, 2.75) is 59.8 Å². The molecule has 0 spiro atoms. The molecule has 0 saturated carbocycles. The normalized spacial score (nSPS) is 11.4. The summed E-state index contributed by atoms with van der Waals surface area (Å²) in [6.45, 7) is 24.2. The zero-order valence-corrected chi connectivity index (χ0v) is 26.4. The molecular weight excluding hydrogens is 536 g/mol. The summed E-state index contributed by atoms with van der Waals surface area (Å²) in [6.07, 6.45) is 15.4. The van der Waals surface area contributed by atoms with E-state index < -0.39 is 11.6 Å². The Morgan fingerprint density at radius 3 is 2.33 bits per heavy atom. The lowest BCUT2D eigenvalue weighted by molar-refractivity contribution is 0.371. The summed E-state index contributed by atoms with van der Waals surface area (Å²) in [5.41, 5.74) is 11.6. The van der Waals surface area contributed by atoms with Gasteiger partial charge in [-0.15, -0.1) is 6.58 Å². The average Bonchev–Trinajstić information content (AvgIpc) is 2.98. The maximum atomic E-state index is 15.0. The Balaban J connectivity index is 2.40. The molecule has 2 aromatic rings. The predicted octanol–water partition coefficient (Wildman–Crippen LogP) is 11.5. The van der Waals surface area contributed by atoms with Crippen molar-refractivity contribution in [2.75, 3.05) is 12.4 Å². The minimum Gasteiger partial charge on any atom is -0.494 e. The minimum absolute atomic E-state index is 0.135. The first-order valence-electron chi connectivity index (χ1n) is 14.6. The molecule has 0 aromatic heterocycles. The van der Waals surface area contributed by atoms with Crippen LogP contribution in [-0.2, 0) is 6.42 Å². The van der Waals surface area contributed by atoms with Crippen LogP contribution < -0.4 is 10.1 Å². The van der Waals surface area contributed by atoms with E-state index in [2.05, 4.69) is 68.6 Å². The van der Waals surface area contributed by atoms with Crippen molar-refractivity contribution in [1.29, 1.82) is 0 Å². The van der Waals surface area contributed by atoms with Crippen molar-refractivity contribution >= 4 is 16.8 Å². The molecule has 4 heteroatoms. The molecule has 0 fully saturated rings. The van der Waals surface area contributed by atoms with Crippen LogP contribution in [0.3, 0.4) is 0 Å². The number of benzene rings is 2. The van der Waals surface area contributed by atoms with Crippen molar-refractivity contribution in [1.82, 2.24) is 0 Å². The molecular formula is C39H45F2NO. The van der Waals surface area contributed by atoms with Crippen molar-refractivity contribution in [3.8, 4) is 5.75 Å². The predicted molar refractivity (Wildman–Crippen MR) is 182 cm³/mol. The van der Waals surface area contributed by atoms with Crippen molar-refractivity contribution in [2.24, 2.45) is 0 Å². The van der Waals surface area contributed by atoms with Gasteiger partial charge in [0.15, 0.2) is 11.6 Å². The smallest absolute Gasteiger partial charge is 0.201 e. The zero-order valence-electron chi connectivity index (χ0n) is 26.4. The molecule has 0 saturated heterocycles. The fourth-order valence-electron chi connectivity index (χ4n) is 4.58. The molecule has 2 nitrogen and oxygen atoms in total. The molecule has 2 aromatic carbocycles. The second-order valence-corrected chi connectivity index (χ2v) is 10.4. The van der Waals surface area contributed by atoms with Gasteiger partial charge in [0.2, 0.25) is 5.82 Å². The van der Waals surface area contributed by atoms with E-state index in [9.17, 15) is 4.39 Å². The van der Waals surface area contributed by atoms with Crippen LogP contribution in [0.2, 0.25) is 0 Å². The van der Waals surface area contributed by atoms with E-state index in [4.69, 9.17) is 4.74 Å². The van der Waals surface area contributed by atoms with Crippen LogP contribution in [-0.4, -0.2) is 7.11 Å². The van der Waals surface area contributed by atoms with Gasteiger partial charge in [0.05, 0.1) is 12.8 Å². The Hall–Kier alpha value is -4.40. The number of ether oxygens (including phenoxy) is 1. The van der Waals surface area contributed by atoms with Crippen LogP contribution in [0.5, 0.6) is 5.75 Å². The fourth-order valence-corrected chi connectivity index (χ4v) is 4.58. The highest BCUT2D eigenvalue weighted by Crippen LogP contribution is 2.32. The second-order valence-electron chi connectivity index (χ2n) is 10.4. The van der Waals surface area contributed by atoms with Gasteiger partial charge in [-0.25, -0.2) is 4.39 Å². The number of unbranched alkanes of at least 4 members (excludes halogenated alkanes) is 1. The third kappa shape index (κ3) is 10.4. The number of nitrogens with one attached hydrogen (secondary N) is 1. The van der Waals surface area contributed by atoms with Crippen LogP contribution in [0.25, 0.3) is 11.1 Å². The molecule has 0 heterocycles. The Morgan fingerprint density at radius 2 is 1.70 bits per heavy atom. The third-order valence-corrected chi connectivity index (χ3v) is 6.78. The Kier molecular flexibility index (Phi) is 14.2. The molecule has 226 valence electrons. The molecule has 2 rings (SSSR count). The summed E-state index contributed by atoms with van der Waals surface area (Å²) in [7, 11) is 1.31. The SMILES string of the molecule is C=CCC/C=C/C(=C)c1ccc(NC(=C=C(C)/C=C\C)C(=C)CC/C(=C\C(=C)C)c2ccc(OC)c(F)c2F)cc1CC. The van der Waals surface area contributed by atoms with Gasteiger partial charge >= 0.3 is 0 Å². The van der Waals surface area contributed by atoms with Crippen molar-refractivity contribution in [3.63, 3.8) is 0 Å². The van der Waals surface area contributed by atoms with Crippen molar-refractivity contribution in [3.05, 3.63) is 150 Å². The van der Waals surface area contributed by atoms with E-state index >= 15 is 4.39 Å². The summed E-state index contributed by atoms with van der Waals surface area (Å²) in [5.74, 6) is -2.09. The average molecular weight is 582 g/mol. The van der Waals surface area contributed by atoms with Crippen LogP contribution >= 0.6 is 0 Å². The van der Waals surface area contributed by atoms with Gasteiger partial charge in [-0.3, -0.25) is 0 Å². The lowest BCUT2D eigenvalue weighted by Crippen LogP contribution is -2.04. The van der Waals surface area contributed by atoms with E-state index in [0.29, 0.717) is 18.4 Å². The molecule has 0 radical (unpaired) electrons. The van der Waals surface area contributed by atoms with Crippen molar-refractivity contribution < 1.29 is 13.5 Å². The monoisotopic (exact) mass is 581 g/mol. The first-order chi connectivity index (χ1) is 20.6. The molecule has 0 amide bonds.